The van der Waals surface area contributed by atoms with Gasteiger partial charge in [0.25, 0.3) is 0 Å². The van der Waals surface area contributed by atoms with Gasteiger partial charge in [-0.05, 0) is 18.6 Å². The highest BCUT2D eigenvalue weighted by Gasteiger charge is 2.14. The molecule has 0 saturated heterocycles. The van der Waals surface area contributed by atoms with Gasteiger partial charge in [0.05, 0.1) is 29.0 Å². The van der Waals surface area contributed by atoms with Gasteiger partial charge < -0.3 is 0 Å². The molecule has 1 aromatic carbocycles. The lowest BCUT2D eigenvalue weighted by Gasteiger charge is -2.00. The average molecular weight is 266 g/mol. The number of benzene rings is 1. The predicted octanol–water partition coefficient (Wildman–Crippen LogP) is 2.47. The van der Waals surface area contributed by atoms with E-state index in [0.717, 1.165) is 24.0 Å². The van der Waals surface area contributed by atoms with Crippen molar-refractivity contribution in [2.24, 2.45) is 0 Å². The summed E-state index contributed by atoms with van der Waals surface area (Å²) < 4.78 is 1.77. The largest absolute Gasteiger partial charge is 0.287 e. The number of hydrogen-bond donors (Lipinski definition) is 0. The number of carbonyl (C=O) groups excluding carboxylic acids is 1. The van der Waals surface area contributed by atoms with Crippen LogP contribution in [-0.2, 0) is 6.54 Å². The maximum atomic E-state index is 12.4. The van der Waals surface area contributed by atoms with Gasteiger partial charge in [0.2, 0.25) is 5.78 Å². The number of nitrogens with zero attached hydrogens (tertiary/aromatic N) is 4. The molecule has 0 aliphatic rings. The van der Waals surface area contributed by atoms with Gasteiger partial charge in [-0.15, -0.1) is 0 Å². The number of fused-ring (bicyclic) bond motifs is 1. The lowest BCUT2D eigenvalue weighted by atomic mass is 10.2. The van der Waals surface area contributed by atoms with Crippen LogP contribution in [0.5, 0.6) is 0 Å². The van der Waals surface area contributed by atoms with E-state index in [9.17, 15) is 4.79 Å². The number of aryl methyl sites for hydroxylation is 1. The third-order valence-corrected chi connectivity index (χ3v) is 3.03. The first-order valence-corrected chi connectivity index (χ1v) is 6.57. The second kappa shape index (κ2) is 5.21. The number of ketones is 1. The van der Waals surface area contributed by atoms with E-state index in [2.05, 4.69) is 22.0 Å². The summed E-state index contributed by atoms with van der Waals surface area (Å²) in [6, 6.07) is 7.49. The van der Waals surface area contributed by atoms with Crippen molar-refractivity contribution in [3.63, 3.8) is 0 Å². The maximum Gasteiger partial charge on any atom is 0.216 e. The van der Waals surface area contributed by atoms with Gasteiger partial charge in [-0.3, -0.25) is 14.5 Å². The first kappa shape index (κ1) is 12.5. The zero-order chi connectivity index (χ0) is 13.9. The van der Waals surface area contributed by atoms with Gasteiger partial charge in [-0.1, -0.05) is 19.1 Å². The molecule has 0 spiro atoms. The molecule has 2 aromatic heterocycles. The zero-order valence-electron chi connectivity index (χ0n) is 11.2. The standard InChI is InChI=1S/C15H14N4O/c1-2-7-19-10-11(8-17-19)15(20)14-9-16-12-5-3-4-6-13(12)18-14/h3-6,8-10H,2,7H2,1H3. The lowest BCUT2D eigenvalue weighted by Crippen LogP contribution is -2.04. The third-order valence-electron chi connectivity index (χ3n) is 3.03. The number of hydrogen-bond acceptors (Lipinski definition) is 4. The van der Waals surface area contributed by atoms with Crippen LogP contribution in [0.2, 0.25) is 0 Å². The summed E-state index contributed by atoms with van der Waals surface area (Å²) in [5, 5.41) is 4.16. The molecular weight excluding hydrogens is 252 g/mol. The molecule has 0 bridgehead atoms. The molecule has 3 rings (SSSR count). The SMILES string of the molecule is CCCn1cc(C(=O)c2cnc3ccccc3n2)cn1. The van der Waals surface area contributed by atoms with Crippen molar-refractivity contribution in [1.29, 1.82) is 0 Å². The molecule has 0 atom stereocenters. The molecule has 3 aromatic rings. The molecule has 0 saturated carbocycles. The summed E-state index contributed by atoms with van der Waals surface area (Å²) >= 11 is 0. The van der Waals surface area contributed by atoms with Gasteiger partial charge in [-0.25, -0.2) is 4.98 Å². The van der Waals surface area contributed by atoms with Crippen molar-refractivity contribution in [2.75, 3.05) is 0 Å². The van der Waals surface area contributed by atoms with E-state index in [1.165, 1.54) is 6.20 Å². The van der Waals surface area contributed by atoms with E-state index in [4.69, 9.17) is 0 Å². The molecule has 0 aliphatic heterocycles. The third kappa shape index (κ3) is 2.30. The first-order chi connectivity index (χ1) is 9.78. The van der Waals surface area contributed by atoms with Crippen LogP contribution in [0.15, 0.2) is 42.9 Å². The summed E-state index contributed by atoms with van der Waals surface area (Å²) in [4.78, 5) is 21.0. The van der Waals surface area contributed by atoms with Gasteiger partial charge >= 0.3 is 0 Å². The molecule has 0 aliphatic carbocycles. The second-order valence-electron chi connectivity index (χ2n) is 4.57. The molecule has 0 amide bonds. The number of aromatic nitrogens is 4. The Morgan fingerprint density at radius 1 is 1.20 bits per heavy atom. The van der Waals surface area contributed by atoms with E-state index in [0.29, 0.717) is 11.3 Å². The Hall–Kier alpha value is -2.56. The van der Waals surface area contributed by atoms with Crippen molar-refractivity contribution in [3.8, 4) is 0 Å². The summed E-state index contributed by atoms with van der Waals surface area (Å²) in [6.45, 7) is 2.87. The monoisotopic (exact) mass is 266 g/mol. The molecule has 20 heavy (non-hydrogen) atoms. The van der Waals surface area contributed by atoms with Crippen LogP contribution in [-0.4, -0.2) is 25.5 Å². The van der Waals surface area contributed by atoms with Crippen LogP contribution < -0.4 is 0 Å². The molecule has 0 fully saturated rings. The van der Waals surface area contributed by atoms with Crippen LogP contribution in [0, 0.1) is 0 Å². The second-order valence-corrected chi connectivity index (χ2v) is 4.57. The Kier molecular flexibility index (Phi) is 3.25. The first-order valence-electron chi connectivity index (χ1n) is 6.57. The Morgan fingerprint density at radius 3 is 2.80 bits per heavy atom. The molecule has 5 nitrogen and oxygen atoms in total. The molecular formula is C15H14N4O. The van der Waals surface area contributed by atoms with Crippen molar-refractivity contribution >= 4 is 16.8 Å². The molecule has 2 heterocycles. The van der Waals surface area contributed by atoms with Crippen molar-refractivity contribution < 1.29 is 4.79 Å². The zero-order valence-corrected chi connectivity index (χ0v) is 11.2. The van der Waals surface area contributed by atoms with Gasteiger partial charge in [0.15, 0.2) is 0 Å². The highest BCUT2D eigenvalue weighted by Crippen LogP contribution is 2.12. The smallest absolute Gasteiger partial charge is 0.216 e. The summed E-state index contributed by atoms with van der Waals surface area (Å²) in [5.74, 6) is -0.148. The Bertz CT molecular complexity index is 763. The van der Waals surface area contributed by atoms with E-state index in [1.807, 2.05) is 24.3 Å². The van der Waals surface area contributed by atoms with Crippen LogP contribution >= 0.6 is 0 Å². The molecule has 5 heteroatoms. The van der Waals surface area contributed by atoms with Crippen LogP contribution in [0.1, 0.15) is 29.4 Å². The fourth-order valence-electron chi connectivity index (χ4n) is 2.05. The number of para-hydroxylation sites is 2. The minimum absolute atomic E-state index is 0.148. The Labute approximate surface area is 116 Å². The molecule has 0 unspecified atom stereocenters. The van der Waals surface area contributed by atoms with E-state index >= 15 is 0 Å². The van der Waals surface area contributed by atoms with Gasteiger partial charge in [0.1, 0.15) is 5.69 Å². The fourth-order valence-corrected chi connectivity index (χ4v) is 2.05. The van der Waals surface area contributed by atoms with Gasteiger partial charge in [-0.2, -0.15) is 5.10 Å². The summed E-state index contributed by atoms with van der Waals surface area (Å²) in [7, 11) is 0. The number of rotatable bonds is 4. The summed E-state index contributed by atoms with van der Waals surface area (Å²) in [5.41, 5.74) is 2.40. The van der Waals surface area contributed by atoms with Crippen LogP contribution in [0.3, 0.4) is 0 Å². The number of carbonyl (C=O) groups is 1. The van der Waals surface area contributed by atoms with Crippen LogP contribution in [0.4, 0.5) is 0 Å². The van der Waals surface area contributed by atoms with Crippen LogP contribution in [0.25, 0.3) is 11.0 Å². The molecule has 0 radical (unpaired) electrons. The Morgan fingerprint density at radius 2 is 2.00 bits per heavy atom. The quantitative estimate of drug-likeness (QED) is 0.681. The normalized spacial score (nSPS) is 10.8. The van der Waals surface area contributed by atoms with E-state index in [1.54, 1.807) is 17.1 Å². The van der Waals surface area contributed by atoms with Crippen molar-refractivity contribution in [2.45, 2.75) is 19.9 Å². The maximum absolute atomic E-state index is 12.4. The van der Waals surface area contributed by atoms with E-state index in [-0.39, 0.29) is 5.78 Å². The molecule has 100 valence electrons. The van der Waals surface area contributed by atoms with Crippen molar-refractivity contribution in [1.82, 2.24) is 19.7 Å². The average Bonchev–Trinajstić information content (AvgIpc) is 2.95. The van der Waals surface area contributed by atoms with E-state index < -0.39 is 0 Å². The minimum Gasteiger partial charge on any atom is -0.287 e. The lowest BCUT2D eigenvalue weighted by molar-refractivity contribution is 0.103. The minimum atomic E-state index is -0.148. The fraction of sp³-hybridized carbons (Fsp3) is 0.200. The topological polar surface area (TPSA) is 60.7 Å². The molecule has 0 N–H and O–H groups in total. The van der Waals surface area contributed by atoms with Gasteiger partial charge in [0, 0.05) is 12.7 Å². The summed E-state index contributed by atoms with van der Waals surface area (Å²) in [6.07, 6.45) is 5.82. The highest BCUT2D eigenvalue weighted by atomic mass is 16.1. The predicted molar refractivity (Wildman–Crippen MR) is 75.5 cm³/mol. The Balaban J connectivity index is 1.94. The van der Waals surface area contributed by atoms with Crippen molar-refractivity contribution in [3.05, 3.63) is 54.1 Å². The highest BCUT2D eigenvalue weighted by molar-refractivity contribution is 6.07.